The van der Waals surface area contributed by atoms with Crippen molar-refractivity contribution in [2.45, 2.75) is 19.9 Å². The van der Waals surface area contributed by atoms with Gasteiger partial charge in [-0.2, -0.15) is 4.68 Å². The minimum atomic E-state index is -0.640. The van der Waals surface area contributed by atoms with E-state index in [-0.39, 0.29) is 24.8 Å². The predicted molar refractivity (Wildman–Crippen MR) is 67.8 cm³/mol. The van der Waals surface area contributed by atoms with E-state index in [4.69, 9.17) is 0 Å². The molecule has 1 amide bonds. The van der Waals surface area contributed by atoms with Crippen LogP contribution < -0.4 is 0 Å². The van der Waals surface area contributed by atoms with Crippen molar-refractivity contribution in [1.82, 2.24) is 14.7 Å². The van der Waals surface area contributed by atoms with Crippen molar-refractivity contribution in [2.75, 3.05) is 20.2 Å². The number of esters is 1. The Kier molecular flexibility index (Phi) is 5.63. The molecule has 1 aromatic heterocycles. The highest BCUT2D eigenvalue weighted by Crippen LogP contribution is 2.06. The van der Waals surface area contributed by atoms with Crippen LogP contribution in [0.4, 0.5) is 5.82 Å². The number of carbonyl (C=O) groups excluding carboxylic acids is 2. The van der Waals surface area contributed by atoms with Crippen molar-refractivity contribution >= 4 is 17.7 Å². The number of aromatic nitrogens is 2. The molecule has 0 unspecified atom stereocenters. The van der Waals surface area contributed by atoms with E-state index in [0.717, 1.165) is 0 Å². The maximum absolute atomic E-state index is 12.0. The molecule has 0 spiro atoms. The molecule has 0 atom stereocenters. The molecular weight excluding hydrogens is 268 g/mol. The Bertz CT molecular complexity index is 499. The third kappa shape index (κ3) is 4.34. The largest absolute Gasteiger partial charge is 0.468 e. The number of methoxy groups -OCH3 is 1. The molecule has 1 heterocycles. The van der Waals surface area contributed by atoms with Crippen LogP contribution in [0.2, 0.25) is 0 Å². The molecule has 0 N–H and O–H groups in total. The lowest BCUT2D eigenvalue weighted by Crippen LogP contribution is -2.38. The summed E-state index contributed by atoms with van der Waals surface area (Å²) in [5, 5.41) is 14.1. The van der Waals surface area contributed by atoms with Crippen molar-refractivity contribution in [2.24, 2.45) is 0 Å². The molecule has 0 radical (unpaired) electrons. The summed E-state index contributed by atoms with van der Waals surface area (Å²) in [6.45, 7) is 1.96. The van der Waals surface area contributed by atoms with Gasteiger partial charge in [-0.05, 0) is 11.3 Å². The average Bonchev–Trinajstić information content (AvgIpc) is 2.86. The molecule has 0 aliphatic heterocycles. The van der Waals surface area contributed by atoms with Gasteiger partial charge in [-0.3, -0.25) is 9.59 Å². The summed E-state index contributed by atoms with van der Waals surface area (Å²) >= 11 is 0. The Hall–Kier alpha value is -2.45. The molecule has 1 aromatic rings. The van der Waals surface area contributed by atoms with E-state index in [2.05, 4.69) is 9.84 Å². The Morgan fingerprint density at radius 2 is 2.25 bits per heavy atom. The van der Waals surface area contributed by atoms with Gasteiger partial charge in [-0.15, -0.1) is 0 Å². The summed E-state index contributed by atoms with van der Waals surface area (Å²) in [7, 11) is 1.24. The monoisotopic (exact) mass is 284 g/mol. The maximum Gasteiger partial charge on any atom is 0.389 e. The quantitative estimate of drug-likeness (QED) is 0.402. The minimum Gasteiger partial charge on any atom is -0.468 e. The molecular formula is C11H16N4O5. The first-order chi connectivity index (χ1) is 9.47. The fourth-order valence-corrected chi connectivity index (χ4v) is 1.56. The molecule has 0 aliphatic carbocycles. The third-order valence-corrected chi connectivity index (χ3v) is 2.50. The smallest absolute Gasteiger partial charge is 0.389 e. The van der Waals surface area contributed by atoms with E-state index in [1.165, 1.54) is 29.0 Å². The predicted octanol–water partition coefficient (Wildman–Crippen LogP) is 0.203. The first-order valence-electron chi connectivity index (χ1n) is 6.00. The molecule has 1 rings (SSSR count). The van der Waals surface area contributed by atoms with Crippen molar-refractivity contribution in [3.8, 4) is 0 Å². The topological polar surface area (TPSA) is 108 Å². The van der Waals surface area contributed by atoms with Gasteiger partial charge in [-0.25, -0.2) is 0 Å². The Morgan fingerprint density at radius 3 is 2.75 bits per heavy atom. The summed E-state index contributed by atoms with van der Waals surface area (Å²) in [6, 6.07) is 1.21. The molecule has 0 aliphatic rings. The zero-order valence-corrected chi connectivity index (χ0v) is 11.3. The lowest BCUT2D eigenvalue weighted by molar-refractivity contribution is -0.389. The number of ether oxygens (including phenoxy) is 1. The number of amides is 1. The Morgan fingerprint density at radius 1 is 1.55 bits per heavy atom. The highest BCUT2D eigenvalue weighted by atomic mass is 16.6. The molecule has 9 heteroatoms. The standard InChI is InChI=1S/C11H16N4O5/c1-3-5-13(8-11(17)20-2)10(16)7-14-6-4-9(12-14)15(18)19/h4,6H,3,5,7-8H2,1-2H3. The van der Waals surface area contributed by atoms with E-state index in [9.17, 15) is 19.7 Å². The van der Waals surface area contributed by atoms with Gasteiger partial charge in [0.05, 0.1) is 24.5 Å². The second kappa shape index (κ2) is 7.22. The zero-order valence-electron chi connectivity index (χ0n) is 11.3. The van der Waals surface area contributed by atoms with Gasteiger partial charge in [0.25, 0.3) is 0 Å². The van der Waals surface area contributed by atoms with E-state index in [1.54, 1.807) is 0 Å². The van der Waals surface area contributed by atoms with E-state index >= 15 is 0 Å². The van der Waals surface area contributed by atoms with E-state index < -0.39 is 10.9 Å². The second-order valence-electron chi connectivity index (χ2n) is 4.02. The third-order valence-electron chi connectivity index (χ3n) is 2.50. The van der Waals surface area contributed by atoms with Crippen LogP contribution in [0.15, 0.2) is 12.3 Å². The fraction of sp³-hybridized carbons (Fsp3) is 0.545. The summed E-state index contributed by atoms with van der Waals surface area (Å²) in [5.74, 6) is -1.19. The molecule has 0 fully saturated rings. The van der Waals surface area contributed by atoms with E-state index in [0.29, 0.717) is 13.0 Å². The van der Waals surface area contributed by atoms with Gasteiger partial charge in [0.15, 0.2) is 0 Å². The zero-order chi connectivity index (χ0) is 15.1. The second-order valence-corrected chi connectivity index (χ2v) is 4.02. The average molecular weight is 284 g/mol. The van der Waals surface area contributed by atoms with Crippen LogP contribution in [0.3, 0.4) is 0 Å². The molecule has 110 valence electrons. The Balaban J connectivity index is 2.69. The van der Waals surface area contributed by atoms with Crippen LogP contribution in [-0.4, -0.2) is 51.7 Å². The van der Waals surface area contributed by atoms with Crippen molar-refractivity contribution in [3.05, 3.63) is 22.4 Å². The van der Waals surface area contributed by atoms with Crippen LogP contribution in [-0.2, 0) is 20.9 Å². The highest BCUT2D eigenvalue weighted by Gasteiger charge is 2.20. The SMILES string of the molecule is CCCN(CC(=O)OC)C(=O)Cn1ccc([N+](=O)[O-])n1. The fourth-order valence-electron chi connectivity index (χ4n) is 1.56. The first kappa shape index (κ1) is 15.6. The number of rotatable bonds is 7. The van der Waals surface area contributed by atoms with Crippen molar-refractivity contribution in [1.29, 1.82) is 0 Å². The molecule has 0 saturated carbocycles. The van der Waals surface area contributed by atoms with Crippen molar-refractivity contribution < 1.29 is 19.2 Å². The van der Waals surface area contributed by atoms with Gasteiger partial charge < -0.3 is 19.8 Å². The van der Waals surface area contributed by atoms with Gasteiger partial charge in [0, 0.05) is 6.54 Å². The van der Waals surface area contributed by atoms with Crippen LogP contribution in [0.1, 0.15) is 13.3 Å². The molecule has 20 heavy (non-hydrogen) atoms. The van der Waals surface area contributed by atoms with Gasteiger partial charge in [-0.1, -0.05) is 6.92 Å². The van der Waals surface area contributed by atoms with Crippen LogP contribution in [0.5, 0.6) is 0 Å². The van der Waals surface area contributed by atoms with Gasteiger partial charge >= 0.3 is 11.8 Å². The van der Waals surface area contributed by atoms with Gasteiger partial charge in [0.1, 0.15) is 13.1 Å². The van der Waals surface area contributed by atoms with Crippen molar-refractivity contribution in [3.63, 3.8) is 0 Å². The number of hydrogen-bond acceptors (Lipinski definition) is 6. The normalized spacial score (nSPS) is 10.1. The van der Waals surface area contributed by atoms with Crippen LogP contribution >= 0.6 is 0 Å². The first-order valence-corrected chi connectivity index (χ1v) is 6.00. The van der Waals surface area contributed by atoms with Gasteiger partial charge in [0.2, 0.25) is 5.91 Å². The number of nitrogens with zero attached hydrogens (tertiary/aromatic N) is 4. The number of nitro groups is 1. The summed E-state index contributed by atoms with van der Waals surface area (Å²) in [4.78, 5) is 34.4. The summed E-state index contributed by atoms with van der Waals surface area (Å²) < 4.78 is 5.69. The summed E-state index contributed by atoms with van der Waals surface area (Å²) in [5.41, 5.74) is 0. The lowest BCUT2D eigenvalue weighted by Gasteiger charge is -2.19. The van der Waals surface area contributed by atoms with Crippen LogP contribution in [0, 0.1) is 10.1 Å². The van der Waals surface area contributed by atoms with Crippen LogP contribution in [0.25, 0.3) is 0 Å². The number of carbonyl (C=O) groups is 2. The molecule has 0 bridgehead atoms. The molecule has 0 saturated heterocycles. The lowest BCUT2D eigenvalue weighted by atomic mass is 10.3. The summed E-state index contributed by atoms with van der Waals surface area (Å²) in [6.07, 6.45) is 2.03. The minimum absolute atomic E-state index is 0.146. The molecule has 0 aromatic carbocycles. The Labute approximate surface area is 115 Å². The number of hydrogen-bond donors (Lipinski definition) is 0. The maximum atomic E-state index is 12.0. The molecule has 9 nitrogen and oxygen atoms in total. The highest BCUT2D eigenvalue weighted by molar-refractivity contribution is 5.81. The van der Waals surface area contributed by atoms with E-state index in [1.807, 2.05) is 6.92 Å².